The van der Waals surface area contributed by atoms with Gasteiger partial charge in [-0.1, -0.05) is 19.8 Å². The molecular formula is C19H32N2O4. The van der Waals surface area contributed by atoms with Crippen molar-refractivity contribution < 1.29 is 19.4 Å². The van der Waals surface area contributed by atoms with E-state index in [4.69, 9.17) is 4.74 Å². The van der Waals surface area contributed by atoms with E-state index in [0.29, 0.717) is 32.2 Å². The summed E-state index contributed by atoms with van der Waals surface area (Å²) in [7, 11) is 0. The van der Waals surface area contributed by atoms with Gasteiger partial charge in [0.2, 0.25) is 0 Å². The molecule has 1 aliphatic carbocycles. The van der Waals surface area contributed by atoms with Crippen LogP contribution in [0.1, 0.15) is 52.4 Å². The van der Waals surface area contributed by atoms with Gasteiger partial charge in [0.1, 0.15) is 12.2 Å². The van der Waals surface area contributed by atoms with Gasteiger partial charge in [0.05, 0.1) is 6.61 Å². The second-order valence-corrected chi connectivity index (χ2v) is 8.15. The monoisotopic (exact) mass is 352 g/mol. The Balaban J connectivity index is 1.58. The van der Waals surface area contributed by atoms with Crippen LogP contribution in [0.3, 0.4) is 0 Å². The number of aliphatic hydroxyl groups is 1. The number of aliphatic hydroxyl groups excluding tert-OH is 1. The fraction of sp³-hybridized carbons (Fsp3) is 0.895. The number of carbonyl (C=O) groups is 2. The van der Waals surface area contributed by atoms with Gasteiger partial charge in [-0.05, 0) is 44.4 Å². The minimum Gasteiger partial charge on any atom is -0.383 e. The lowest BCUT2D eigenvalue weighted by molar-refractivity contribution is -0.145. The molecule has 0 radical (unpaired) electrons. The molecule has 0 aromatic heterocycles. The first-order valence-electron chi connectivity index (χ1n) is 9.86. The molecule has 0 spiro atoms. The van der Waals surface area contributed by atoms with Crippen molar-refractivity contribution >= 4 is 11.8 Å². The highest BCUT2D eigenvalue weighted by molar-refractivity contribution is 5.83. The molecule has 3 fully saturated rings. The molecule has 2 amide bonds. The Kier molecular flexibility index (Phi) is 6.00. The highest BCUT2D eigenvalue weighted by Crippen LogP contribution is 2.29. The predicted octanol–water partition coefficient (Wildman–Crippen LogP) is 1.41. The number of amides is 2. The summed E-state index contributed by atoms with van der Waals surface area (Å²) in [5, 5.41) is 10.4. The minimum absolute atomic E-state index is 0.0579. The molecule has 4 atom stereocenters. The molecule has 142 valence electrons. The molecule has 1 saturated carbocycles. The van der Waals surface area contributed by atoms with Crippen LogP contribution in [0.15, 0.2) is 0 Å². The first kappa shape index (κ1) is 18.6. The van der Waals surface area contributed by atoms with E-state index in [1.165, 1.54) is 0 Å². The summed E-state index contributed by atoms with van der Waals surface area (Å²) < 4.78 is 5.64. The van der Waals surface area contributed by atoms with Gasteiger partial charge in [0, 0.05) is 25.7 Å². The average molecular weight is 352 g/mol. The Morgan fingerprint density at radius 1 is 1.08 bits per heavy atom. The predicted molar refractivity (Wildman–Crippen MR) is 93.9 cm³/mol. The van der Waals surface area contributed by atoms with Gasteiger partial charge < -0.3 is 19.6 Å². The van der Waals surface area contributed by atoms with E-state index in [9.17, 15) is 14.7 Å². The maximum absolute atomic E-state index is 12.8. The van der Waals surface area contributed by atoms with Gasteiger partial charge in [-0.2, -0.15) is 0 Å². The lowest BCUT2D eigenvalue weighted by Gasteiger charge is -2.29. The molecule has 2 heterocycles. The molecule has 6 heteroatoms. The van der Waals surface area contributed by atoms with Crippen molar-refractivity contribution in [1.29, 1.82) is 0 Å². The maximum Gasteiger partial charge on any atom is 0.252 e. The summed E-state index contributed by atoms with van der Waals surface area (Å²) in [4.78, 5) is 29.1. The smallest absolute Gasteiger partial charge is 0.252 e. The molecule has 3 aliphatic rings. The summed E-state index contributed by atoms with van der Waals surface area (Å²) in [5.41, 5.74) is 0. The average Bonchev–Trinajstić information content (AvgIpc) is 3.24. The molecule has 0 aromatic rings. The van der Waals surface area contributed by atoms with Gasteiger partial charge in [-0.25, -0.2) is 0 Å². The van der Waals surface area contributed by atoms with Gasteiger partial charge >= 0.3 is 0 Å². The third kappa shape index (κ3) is 4.17. The lowest BCUT2D eigenvalue weighted by Crippen LogP contribution is -2.46. The van der Waals surface area contributed by atoms with Crippen molar-refractivity contribution in [3.8, 4) is 0 Å². The first-order valence-corrected chi connectivity index (χ1v) is 9.86. The summed E-state index contributed by atoms with van der Waals surface area (Å²) >= 11 is 0. The zero-order valence-electron chi connectivity index (χ0n) is 15.5. The SMILES string of the molecule is CC1COC(C(=O)N2CCN(C(=O)[C@@H](O)C3CCCC3)CCC2C)C1. The summed E-state index contributed by atoms with van der Waals surface area (Å²) in [6, 6.07) is 0.0911. The Labute approximate surface area is 150 Å². The molecule has 0 bridgehead atoms. The molecule has 3 unspecified atom stereocenters. The number of ether oxygens (including phenoxy) is 1. The van der Waals surface area contributed by atoms with Crippen LogP contribution in [0.2, 0.25) is 0 Å². The Bertz CT molecular complexity index is 492. The van der Waals surface area contributed by atoms with Crippen molar-refractivity contribution in [2.75, 3.05) is 26.2 Å². The normalized spacial score (nSPS) is 32.7. The van der Waals surface area contributed by atoms with Crippen LogP contribution in [0.4, 0.5) is 0 Å². The van der Waals surface area contributed by atoms with Crippen LogP contribution in [0, 0.1) is 11.8 Å². The Hall–Kier alpha value is -1.14. The second-order valence-electron chi connectivity index (χ2n) is 8.15. The van der Waals surface area contributed by atoms with Gasteiger partial charge in [-0.15, -0.1) is 0 Å². The van der Waals surface area contributed by atoms with Gasteiger partial charge in [-0.3, -0.25) is 9.59 Å². The standard InChI is InChI=1S/C19H32N2O4/c1-13-11-16(25-12-13)18(23)21-10-9-20(8-7-14(21)2)19(24)17(22)15-5-3-4-6-15/h13-17,22H,3-12H2,1-2H3/t13?,14?,16?,17-/m0/s1. The van der Waals surface area contributed by atoms with Gasteiger partial charge in [0.25, 0.3) is 11.8 Å². The zero-order chi connectivity index (χ0) is 18.0. The van der Waals surface area contributed by atoms with E-state index in [1.54, 1.807) is 4.90 Å². The maximum atomic E-state index is 12.8. The number of hydrogen-bond donors (Lipinski definition) is 1. The van der Waals surface area contributed by atoms with Crippen molar-refractivity contribution in [2.24, 2.45) is 11.8 Å². The molecule has 3 rings (SSSR count). The van der Waals surface area contributed by atoms with Gasteiger partial charge in [0.15, 0.2) is 0 Å². The fourth-order valence-corrected chi connectivity index (χ4v) is 4.41. The van der Waals surface area contributed by atoms with E-state index in [-0.39, 0.29) is 29.9 Å². The fourth-order valence-electron chi connectivity index (χ4n) is 4.41. The quantitative estimate of drug-likeness (QED) is 0.834. The molecule has 6 nitrogen and oxygen atoms in total. The second kappa shape index (κ2) is 8.04. The lowest BCUT2D eigenvalue weighted by atomic mass is 9.99. The number of hydrogen-bond acceptors (Lipinski definition) is 4. The highest BCUT2D eigenvalue weighted by atomic mass is 16.5. The topological polar surface area (TPSA) is 70.1 Å². The molecule has 25 heavy (non-hydrogen) atoms. The summed E-state index contributed by atoms with van der Waals surface area (Å²) in [6.45, 7) is 6.42. The minimum atomic E-state index is -0.876. The molecule has 2 aliphatic heterocycles. The van der Waals surface area contributed by atoms with Crippen LogP contribution in [0.5, 0.6) is 0 Å². The highest BCUT2D eigenvalue weighted by Gasteiger charge is 2.37. The summed E-state index contributed by atoms with van der Waals surface area (Å²) in [6.07, 6.45) is 4.42. The van der Waals surface area contributed by atoms with Crippen molar-refractivity contribution in [1.82, 2.24) is 9.80 Å². The van der Waals surface area contributed by atoms with E-state index in [0.717, 1.165) is 38.5 Å². The third-order valence-electron chi connectivity index (χ3n) is 6.13. The van der Waals surface area contributed by atoms with Crippen molar-refractivity contribution in [3.05, 3.63) is 0 Å². The van der Waals surface area contributed by atoms with Crippen LogP contribution in [-0.4, -0.2) is 71.2 Å². The number of rotatable bonds is 3. The van der Waals surface area contributed by atoms with Crippen LogP contribution in [-0.2, 0) is 14.3 Å². The van der Waals surface area contributed by atoms with Crippen LogP contribution in [0.25, 0.3) is 0 Å². The van der Waals surface area contributed by atoms with E-state index in [2.05, 4.69) is 6.92 Å². The summed E-state index contributed by atoms with van der Waals surface area (Å²) in [5.74, 6) is 0.441. The number of nitrogens with zero attached hydrogens (tertiary/aromatic N) is 2. The van der Waals surface area contributed by atoms with Crippen LogP contribution < -0.4 is 0 Å². The van der Waals surface area contributed by atoms with Crippen molar-refractivity contribution in [3.63, 3.8) is 0 Å². The number of carbonyl (C=O) groups excluding carboxylic acids is 2. The Morgan fingerprint density at radius 2 is 1.80 bits per heavy atom. The van der Waals surface area contributed by atoms with Crippen LogP contribution >= 0.6 is 0 Å². The molecule has 0 aromatic carbocycles. The Morgan fingerprint density at radius 3 is 2.44 bits per heavy atom. The zero-order valence-corrected chi connectivity index (χ0v) is 15.5. The largest absolute Gasteiger partial charge is 0.383 e. The van der Waals surface area contributed by atoms with E-state index < -0.39 is 6.10 Å². The molecule has 2 saturated heterocycles. The van der Waals surface area contributed by atoms with E-state index >= 15 is 0 Å². The third-order valence-corrected chi connectivity index (χ3v) is 6.13. The molecular weight excluding hydrogens is 320 g/mol. The first-order chi connectivity index (χ1) is 12.0. The van der Waals surface area contributed by atoms with E-state index in [1.807, 2.05) is 11.8 Å². The molecule has 1 N–H and O–H groups in total. The van der Waals surface area contributed by atoms with Crippen molar-refractivity contribution in [2.45, 2.75) is 70.6 Å².